The lowest BCUT2D eigenvalue weighted by atomic mass is 10.0. The van der Waals surface area contributed by atoms with E-state index in [1.54, 1.807) is 17.4 Å². The van der Waals surface area contributed by atoms with Crippen molar-refractivity contribution in [1.82, 2.24) is 9.80 Å². The fourth-order valence-electron chi connectivity index (χ4n) is 4.36. The maximum Gasteiger partial charge on any atom is 0.237 e. The van der Waals surface area contributed by atoms with Crippen molar-refractivity contribution in [1.29, 1.82) is 0 Å². The fourth-order valence-corrected chi connectivity index (χ4v) is 5.28. The van der Waals surface area contributed by atoms with E-state index in [0.717, 1.165) is 18.7 Å². The van der Waals surface area contributed by atoms with Gasteiger partial charge in [-0.2, -0.15) is 0 Å². The van der Waals surface area contributed by atoms with E-state index in [9.17, 15) is 9.90 Å². The number of hydrogen-bond donors (Lipinski definition) is 1. The molecule has 1 saturated carbocycles. The van der Waals surface area contributed by atoms with Gasteiger partial charge in [-0.25, -0.2) is 0 Å². The van der Waals surface area contributed by atoms with Gasteiger partial charge in [0.1, 0.15) is 12.4 Å². The van der Waals surface area contributed by atoms with Crippen LogP contribution in [0.25, 0.3) is 0 Å². The summed E-state index contributed by atoms with van der Waals surface area (Å²) >= 11 is 1.76. The molecule has 1 aliphatic carbocycles. The summed E-state index contributed by atoms with van der Waals surface area (Å²) in [5.74, 6) is 1.53. The van der Waals surface area contributed by atoms with E-state index in [-0.39, 0.29) is 18.6 Å². The molecule has 0 radical (unpaired) electrons. The highest BCUT2D eigenvalue weighted by Gasteiger charge is 2.34. The first kappa shape index (κ1) is 24.0. The molecule has 1 aromatic heterocycles. The number of amides is 1. The summed E-state index contributed by atoms with van der Waals surface area (Å²) < 4.78 is 11.5. The number of carbonyl (C=O) groups is 1. The van der Waals surface area contributed by atoms with Crippen molar-refractivity contribution in [2.45, 2.75) is 31.4 Å². The van der Waals surface area contributed by atoms with Gasteiger partial charge in [-0.3, -0.25) is 9.69 Å². The molecule has 1 aromatic carbocycles. The average molecular weight is 471 g/mol. The average Bonchev–Trinajstić information content (AvgIpc) is 3.50. The molecule has 2 aromatic rings. The molecule has 0 unspecified atom stereocenters. The first-order chi connectivity index (χ1) is 16.1. The van der Waals surface area contributed by atoms with E-state index in [0.29, 0.717) is 38.8 Å². The van der Waals surface area contributed by atoms with Crippen molar-refractivity contribution in [3.63, 3.8) is 0 Å². The van der Waals surface area contributed by atoms with Crippen molar-refractivity contribution in [2.75, 3.05) is 46.0 Å². The molecule has 1 aliphatic heterocycles. The molecule has 178 valence electrons. The number of benzene rings is 1. The van der Waals surface area contributed by atoms with Crippen LogP contribution in [-0.2, 0) is 16.0 Å². The van der Waals surface area contributed by atoms with E-state index in [1.807, 2.05) is 35.2 Å². The van der Waals surface area contributed by atoms with Gasteiger partial charge in [0, 0.05) is 24.5 Å². The lowest BCUT2D eigenvalue weighted by Crippen LogP contribution is -2.48. The van der Waals surface area contributed by atoms with E-state index >= 15 is 0 Å². The molecule has 1 N–H and O–H groups in total. The van der Waals surface area contributed by atoms with Crippen LogP contribution >= 0.6 is 11.3 Å². The van der Waals surface area contributed by atoms with Crippen LogP contribution in [0.4, 0.5) is 0 Å². The van der Waals surface area contributed by atoms with E-state index in [2.05, 4.69) is 22.9 Å². The smallest absolute Gasteiger partial charge is 0.237 e. The Morgan fingerprint density at radius 1 is 1.30 bits per heavy atom. The first-order valence-corrected chi connectivity index (χ1v) is 12.6. The number of aliphatic hydroxyl groups excluding tert-OH is 1. The van der Waals surface area contributed by atoms with Gasteiger partial charge < -0.3 is 19.5 Å². The predicted octanol–water partition coefficient (Wildman–Crippen LogP) is 3.53. The molecule has 7 heteroatoms. The molecular weight excluding hydrogens is 436 g/mol. The topological polar surface area (TPSA) is 62.2 Å². The normalized spacial score (nSPS) is 18.7. The monoisotopic (exact) mass is 470 g/mol. The van der Waals surface area contributed by atoms with Crippen molar-refractivity contribution >= 4 is 17.2 Å². The Labute approximate surface area is 200 Å². The van der Waals surface area contributed by atoms with Gasteiger partial charge in [0.15, 0.2) is 0 Å². The highest BCUT2D eigenvalue weighted by molar-refractivity contribution is 7.10. The Morgan fingerprint density at radius 2 is 2.12 bits per heavy atom. The second-order valence-corrected chi connectivity index (χ2v) is 9.89. The number of para-hydroxylation sites is 1. The standard InChI is InChI=1S/C26H34N2O4S/c1-2-13-31-18-21(29)16-27(15-20-8-9-20)17-26(30)28-12-10-25-23(11-14-33-25)24(28)19-32-22-6-4-3-5-7-22/h2-7,11,14,20-21,24,29H,1,8-10,12-13,15-19H2/t21-,24+/m1/s1. The van der Waals surface area contributed by atoms with Crippen molar-refractivity contribution < 1.29 is 19.4 Å². The maximum atomic E-state index is 13.5. The number of aliphatic hydroxyl groups is 1. The number of carbonyl (C=O) groups excluding carboxylic acids is 1. The summed E-state index contributed by atoms with van der Waals surface area (Å²) in [5, 5.41) is 12.5. The molecule has 2 heterocycles. The molecule has 0 spiro atoms. The molecule has 4 rings (SSSR count). The molecule has 0 saturated heterocycles. The SMILES string of the molecule is C=CCOC[C@H](O)CN(CC(=O)N1CCc2sccc2[C@@H]1COc1ccccc1)CC1CC1. The molecular formula is C26H34N2O4S. The Balaban J connectivity index is 1.41. The van der Waals surface area contributed by atoms with Crippen LogP contribution in [0.15, 0.2) is 54.4 Å². The summed E-state index contributed by atoms with van der Waals surface area (Å²) in [6, 6.07) is 11.8. The number of rotatable bonds is 13. The van der Waals surface area contributed by atoms with E-state index in [4.69, 9.17) is 9.47 Å². The van der Waals surface area contributed by atoms with Crippen molar-refractivity contribution in [3.8, 4) is 5.75 Å². The van der Waals surface area contributed by atoms with Crippen molar-refractivity contribution in [3.05, 3.63) is 64.9 Å². The minimum absolute atomic E-state index is 0.0911. The van der Waals surface area contributed by atoms with E-state index < -0.39 is 6.10 Å². The minimum Gasteiger partial charge on any atom is -0.491 e. The lowest BCUT2D eigenvalue weighted by Gasteiger charge is -2.37. The van der Waals surface area contributed by atoms with Gasteiger partial charge in [0.2, 0.25) is 5.91 Å². The third-order valence-corrected chi connectivity index (χ3v) is 7.15. The third-order valence-electron chi connectivity index (χ3n) is 6.15. The molecule has 2 aliphatic rings. The predicted molar refractivity (Wildman–Crippen MR) is 131 cm³/mol. The van der Waals surface area contributed by atoms with Gasteiger partial charge in [0.05, 0.1) is 31.9 Å². The van der Waals surface area contributed by atoms with Crippen LogP contribution < -0.4 is 4.74 Å². The number of nitrogens with zero attached hydrogens (tertiary/aromatic N) is 2. The van der Waals surface area contributed by atoms with Gasteiger partial charge in [-0.05, 0) is 54.3 Å². The molecule has 1 amide bonds. The number of hydrogen-bond acceptors (Lipinski definition) is 6. The van der Waals surface area contributed by atoms with Crippen LogP contribution in [0.2, 0.25) is 0 Å². The zero-order valence-electron chi connectivity index (χ0n) is 19.1. The molecule has 33 heavy (non-hydrogen) atoms. The van der Waals surface area contributed by atoms with Gasteiger partial charge in [0.25, 0.3) is 0 Å². The largest absolute Gasteiger partial charge is 0.491 e. The van der Waals surface area contributed by atoms with Gasteiger partial charge in [-0.15, -0.1) is 17.9 Å². The Bertz CT molecular complexity index is 899. The van der Waals surface area contributed by atoms with Crippen LogP contribution in [-0.4, -0.2) is 72.9 Å². The number of thiophene rings is 1. The molecule has 2 atom stereocenters. The van der Waals surface area contributed by atoms with Gasteiger partial charge >= 0.3 is 0 Å². The second-order valence-electron chi connectivity index (χ2n) is 8.89. The molecule has 1 fully saturated rings. The number of ether oxygens (including phenoxy) is 2. The quantitative estimate of drug-likeness (QED) is 0.359. The van der Waals surface area contributed by atoms with E-state index in [1.165, 1.54) is 23.3 Å². The maximum absolute atomic E-state index is 13.5. The molecule has 6 nitrogen and oxygen atoms in total. The van der Waals surface area contributed by atoms with Crippen molar-refractivity contribution in [2.24, 2.45) is 5.92 Å². The van der Waals surface area contributed by atoms with Gasteiger partial charge in [-0.1, -0.05) is 24.3 Å². The summed E-state index contributed by atoms with van der Waals surface area (Å²) in [7, 11) is 0. The second kappa shape index (κ2) is 11.8. The highest BCUT2D eigenvalue weighted by atomic mass is 32.1. The lowest BCUT2D eigenvalue weighted by molar-refractivity contribution is -0.136. The minimum atomic E-state index is -0.626. The third kappa shape index (κ3) is 6.90. The summed E-state index contributed by atoms with van der Waals surface area (Å²) in [6.45, 7) is 6.99. The summed E-state index contributed by atoms with van der Waals surface area (Å²) in [5.41, 5.74) is 1.20. The first-order valence-electron chi connectivity index (χ1n) is 11.8. The number of fused-ring (bicyclic) bond motifs is 1. The van der Waals surface area contributed by atoms with Crippen LogP contribution in [0.5, 0.6) is 5.75 Å². The van der Waals surface area contributed by atoms with Crippen LogP contribution in [0.1, 0.15) is 29.3 Å². The fraction of sp³-hybridized carbons (Fsp3) is 0.500. The zero-order valence-corrected chi connectivity index (χ0v) is 19.9. The zero-order chi connectivity index (χ0) is 23.0. The Kier molecular flexibility index (Phi) is 8.56. The highest BCUT2D eigenvalue weighted by Crippen LogP contribution is 2.34. The summed E-state index contributed by atoms with van der Waals surface area (Å²) in [6.07, 6.45) is 4.32. The summed E-state index contributed by atoms with van der Waals surface area (Å²) in [4.78, 5) is 18.9. The Hall–Kier alpha value is -2.19. The van der Waals surface area contributed by atoms with Crippen LogP contribution in [0, 0.1) is 5.92 Å². The Morgan fingerprint density at radius 3 is 2.88 bits per heavy atom. The van der Waals surface area contributed by atoms with Crippen LogP contribution in [0.3, 0.4) is 0 Å². The molecule has 0 bridgehead atoms.